The minimum Gasteiger partial charge on any atom is -0.486 e. The van der Waals surface area contributed by atoms with Gasteiger partial charge < -0.3 is 14.9 Å². The van der Waals surface area contributed by atoms with Crippen LogP contribution in [0, 0.1) is 11.6 Å². The highest BCUT2D eigenvalue weighted by atomic mass is 32.2. The van der Waals surface area contributed by atoms with E-state index < -0.39 is 62.5 Å². The maximum atomic E-state index is 14.5. The largest absolute Gasteiger partial charge is 0.486 e. The van der Waals surface area contributed by atoms with Gasteiger partial charge in [0.25, 0.3) is 10.0 Å². The van der Waals surface area contributed by atoms with Gasteiger partial charge in [-0.15, -0.1) is 0 Å². The molecule has 1 aliphatic rings. The van der Waals surface area contributed by atoms with Crippen molar-refractivity contribution in [3.8, 4) is 16.9 Å². The number of rotatable bonds is 7. The first-order valence-corrected chi connectivity index (χ1v) is 13.0. The Kier molecular flexibility index (Phi) is 7.34. The van der Waals surface area contributed by atoms with Crippen molar-refractivity contribution in [1.82, 2.24) is 0 Å². The number of carbonyl (C=O) groups is 1. The van der Waals surface area contributed by atoms with E-state index >= 15 is 0 Å². The molecule has 0 amide bonds. The standard InChI is InChI=1S/C26H22F5NO6S/c1-25(35,24(33)34)10-9-18-14-32(39(36,37)19-4-2-3-16(12-19)26(29,30)31)22-11-15(5-8-23(22)38-18)20-13-17(27)6-7-21(20)28/h2-8,11-13,18,35H,9-10,14H2,1H3,(H,33,34)/t18-,25?/m0/s1. The molecule has 0 bridgehead atoms. The van der Waals surface area contributed by atoms with Gasteiger partial charge >= 0.3 is 12.1 Å². The highest BCUT2D eigenvalue weighted by Crippen LogP contribution is 2.42. The van der Waals surface area contributed by atoms with Crippen LogP contribution in [0.3, 0.4) is 0 Å². The molecule has 2 N–H and O–H groups in total. The van der Waals surface area contributed by atoms with Crippen LogP contribution in [0.15, 0.2) is 65.6 Å². The zero-order valence-electron chi connectivity index (χ0n) is 20.2. The molecule has 0 radical (unpaired) electrons. The number of benzene rings is 3. The van der Waals surface area contributed by atoms with Crippen LogP contribution >= 0.6 is 0 Å². The van der Waals surface area contributed by atoms with Crippen LogP contribution in [0.25, 0.3) is 11.1 Å². The van der Waals surface area contributed by atoms with Crippen LogP contribution in [-0.4, -0.2) is 42.8 Å². The second-order valence-corrected chi connectivity index (χ2v) is 11.1. The molecule has 1 aliphatic heterocycles. The summed E-state index contributed by atoms with van der Waals surface area (Å²) in [5.41, 5.74) is -3.59. The van der Waals surface area contributed by atoms with Crippen molar-refractivity contribution in [2.24, 2.45) is 0 Å². The fourth-order valence-corrected chi connectivity index (χ4v) is 5.63. The summed E-state index contributed by atoms with van der Waals surface area (Å²) in [4.78, 5) is 10.6. The van der Waals surface area contributed by atoms with Crippen LogP contribution in [0.4, 0.5) is 27.6 Å². The fourth-order valence-electron chi connectivity index (χ4n) is 4.09. The third kappa shape index (κ3) is 5.83. The average Bonchev–Trinajstić information content (AvgIpc) is 2.87. The van der Waals surface area contributed by atoms with Gasteiger partial charge in [-0.3, -0.25) is 4.31 Å². The van der Waals surface area contributed by atoms with Crippen LogP contribution in [0.2, 0.25) is 0 Å². The van der Waals surface area contributed by atoms with Crippen molar-refractivity contribution in [2.45, 2.75) is 42.5 Å². The molecule has 4 rings (SSSR count). The van der Waals surface area contributed by atoms with Gasteiger partial charge in [0.2, 0.25) is 0 Å². The zero-order valence-corrected chi connectivity index (χ0v) is 21.1. The molecular weight excluding hydrogens is 549 g/mol. The highest BCUT2D eigenvalue weighted by Gasteiger charge is 2.39. The number of ether oxygens (including phenoxy) is 1. The average molecular weight is 572 g/mol. The molecule has 0 saturated carbocycles. The van der Waals surface area contributed by atoms with Gasteiger partial charge in [-0.2, -0.15) is 13.2 Å². The van der Waals surface area contributed by atoms with Gasteiger partial charge in [0.1, 0.15) is 23.5 Å². The molecule has 3 aromatic rings. The van der Waals surface area contributed by atoms with Crippen LogP contribution in [-0.2, 0) is 21.0 Å². The lowest BCUT2D eigenvalue weighted by atomic mass is 9.97. The van der Waals surface area contributed by atoms with Crippen molar-refractivity contribution in [1.29, 1.82) is 0 Å². The number of aliphatic hydroxyl groups is 1. The second-order valence-electron chi connectivity index (χ2n) is 9.23. The van der Waals surface area contributed by atoms with Gasteiger partial charge in [0, 0.05) is 5.56 Å². The topological polar surface area (TPSA) is 104 Å². The quantitative estimate of drug-likeness (QED) is 0.377. The molecule has 208 valence electrons. The number of carboxylic acid groups (broad SMARTS) is 1. The number of hydrogen-bond donors (Lipinski definition) is 2. The lowest BCUT2D eigenvalue weighted by molar-refractivity contribution is -0.157. The number of carboxylic acids is 1. The van der Waals surface area contributed by atoms with E-state index in [0.29, 0.717) is 12.1 Å². The van der Waals surface area contributed by atoms with Crippen LogP contribution in [0.1, 0.15) is 25.3 Å². The summed E-state index contributed by atoms with van der Waals surface area (Å²) in [7, 11) is -4.67. The number of hydrogen-bond acceptors (Lipinski definition) is 5. The Bertz CT molecular complexity index is 1520. The molecule has 7 nitrogen and oxygen atoms in total. The first kappa shape index (κ1) is 28.3. The predicted octanol–water partition coefficient (Wildman–Crippen LogP) is 5.22. The molecule has 39 heavy (non-hydrogen) atoms. The number of anilines is 1. The molecule has 13 heteroatoms. The van der Waals surface area contributed by atoms with E-state index in [9.17, 15) is 45.4 Å². The third-order valence-electron chi connectivity index (χ3n) is 6.29. The summed E-state index contributed by atoms with van der Waals surface area (Å²) in [5, 5.41) is 19.3. The normalized spacial score (nSPS) is 17.2. The van der Waals surface area contributed by atoms with E-state index in [-0.39, 0.29) is 35.4 Å². The predicted molar refractivity (Wildman–Crippen MR) is 130 cm³/mol. The Labute approximate surface area is 220 Å². The van der Waals surface area contributed by atoms with Crippen LogP contribution < -0.4 is 9.04 Å². The fraction of sp³-hybridized carbons (Fsp3) is 0.269. The van der Waals surface area contributed by atoms with E-state index in [2.05, 4.69) is 0 Å². The minimum absolute atomic E-state index is 0.0441. The molecule has 0 saturated heterocycles. The van der Waals surface area contributed by atoms with Gasteiger partial charge in [0.15, 0.2) is 5.60 Å². The number of halogens is 5. The van der Waals surface area contributed by atoms with E-state index in [1.165, 1.54) is 18.2 Å². The van der Waals surface area contributed by atoms with E-state index in [4.69, 9.17) is 4.74 Å². The zero-order chi connectivity index (χ0) is 28.8. The summed E-state index contributed by atoms with van der Waals surface area (Å²) in [6, 6.07) is 9.68. The molecule has 3 aromatic carbocycles. The van der Waals surface area contributed by atoms with Crippen LogP contribution in [0.5, 0.6) is 5.75 Å². The maximum absolute atomic E-state index is 14.5. The molecule has 0 spiro atoms. The Hall–Kier alpha value is -3.71. The smallest absolute Gasteiger partial charge is 0.416 e. The van der Waals surface area contributed by atoms with Gasteiger partial charge in [0.05, 0.1) is 22.7 Å². The van der Waals surface area contributed by atoms with Crippen molar-refractivity contribution < 1.29 is 50.1 Å². The molecule has 0 fully saturated rings. The number of sulfonamides is 1. The number of aliphatic carboxylic acids is 1. The van der Waals surface area contributed by atoms with E-state index in [1.807, 2.05) is 0 Å². The number of nitrogens with zero attached hydrogens (tertiary/aromatic N) is 1. The Morgan fingerprint density at radius 3 is 2.46 bits per heavy atom. The van der Waals surface area contributed by atoms with Gasteiger partial charge in [-0.1, -0.05) is 12.1 Å². The molecule has 0 aliphatic carbocycles. The lowest BCUT2D eigenvalue weighted by Gasteiger charge is -2.36. The Morgan fingerprint density at radius 2 is 1.79 bits per heavy atom. The molecular formula is C26H22F5NO6S. The maximum Gasteiger partial charge on any atom is 0.416 e. The molecule has 1 unspecified atom stereocenters. The summed E-state index contributed by atoms with van der Waals surface area (Å²) in [5.74, 6) is -3.10. The van der Waals surface area contributed by atoms with E-state index in [0.717, 1.165) is 41.6 Å². The second kappa shape index (κ2) is 10.1. The highest BCUT2D eigenvalue weighted by molar-refractivity contribution is 7.92. The minimum atomic E-state index is -4.82. The Morgan fingerprint density at radius 1 is 1.08 bits per heavy atom. The van der Waals surface area contributed by atoms with Crippen molar-refractivity contribution >= 4 is 21.7 Å². The van der Waals surface area contributed by atoms with E-state index in [1.54, 1.807) is 0 Å². The van der Waals surface area contributed by atoms with Crippen molar-refractivity contribution in [3.63, 3.8) is 0 Å². The monoisotopic (exact) mass is 571 g/mol. The lowest BCUT2D eigenvalue weighted by Crippen LogP contribution is -2.45. The van der Waals surface area contributed by atoms with Gasteiger partial charge in [-0.05, 0) is 73.9 Å². The molecule has 0 aromatic heterocycles. The summed E-state index contributed by atoms with van der Waals surface area (Å²) < 4.78 is 102. The summed E-state index contributed by atoms with van der Waals surface area (Å²) >= 11 is 0. The van der Waals surface area contributed by atoms with Crippen molar-refractivity contribution in [2.75, 3.05) is 10.8 Å². The third-order valence-corrected chi connectivity index (χ3v) is 8.07. The Balaban J connectivity index is 1.81. The van der Waals surface area contributed by atoms with Gasteiger partial charge in [-0.25, -0.2) is 22.0 Å². The summed E-state index contributed by atoms with van der Waals surface area (Å²) in [6.07, 6.45) is -6.28. The number of alkyl halides is 3. The SMILES string of the molecule is CC(O)(CC[C@H]1CN(S(=O)(=O)c2cccc(C(F)(F)F)c2)c2cc(-c3cc(F)ccc3F)ccc2O1)C(=O)O. The first-order chi connectivity index (χ1) is 18.1. The molecule has 2 atom stereocenters. The first-order valence-electron chi connectivity index (χ1n) is 11.5. The van der Waals surface area contributed by atoms with Crippen molar-refractivity contribution in [3.05, 3.63) is 77.9 Å². The molecule has 1 heterocycles. The summed E-state index contributed by atoms with van der Waals surface area (Å²) in [6.45, 7) is 0.597. The number of fused-ring (bicyclic) bond motifs is 1.